The highest BCUT2D eigenvalue weighted by atomic mass is 32.2. The van der Waals surface area contributed by atoms with Crippen molar-refractivity contribution in [3.8, 4) is 0 Å². The second-order valence-corrected chi connectivity index (χ2v) is 8.91. The van der Waals surface area contributed by atoms with E-state index in [1.54, 1.807) is 4.68 Å². The van der Waals surface area contributed by atoms with Gasteiger partial charge < -0.3 is 10.3 Å². The Labute approximate surface area is 162 Å². The fourth-order valence-electron chi connectivity index (χ4n) is 3.93. The molecule has 7 heteroatoms. The van der Waals surface area contributed by atoms with E-state index in [4.69, 9.17) is 5.73 Å². The van der Waals surface area contributed by atoms with Crippen LogP contribution in [0, 0.1) is 0 Å². The molecule has 5 rings (SSSR count). The summed E-state index contributed by atoms with van der Waals surface area (Å²) in [6.45, 7) is 2.37. The molecule has 3 aromatic rings. The molecule has 1 aliphatic heterocycles. The van der Waals surface area contributed by atoms with Gasteiger partial charge in [-0.05, 0) is 42.5 Å². The molecule has 0 radical (unpaired) electrons. The number of hydrogen-bond acceptors (Lipinski definition) is 5. The monoisotopic (exact) mass is 381 g/mol. The zero-order chi connectivity index (χ0) is 18.5. The molecule has 1 aromatic carbocycles. The maximum Gasteiger partial charge on any atom is 0.291 e. The molecular weight excluding hydrogens is 358 g/mol. The van der Waals surface area contributed by atoms with E-state index in [1.165, 1.54) is 24.1 Å². The van der Waals surface area contributed by atoms with Crippen LogP contribution in [0.15, 0.2) is 35.3 Å². The highest BCUT2D eigenvalue weighted by molar-refractivity contribution is 7.97. The first-order chi connectivity index (χ1) is 13.1. The fourth-order valence-corrected chi connectivity index (χ4v) is 5.09. The molecule has 0 unspecified atom stereocenters. The van der Waals surface area contributed by atoms with Crippen LogP contribution in [-0.2, 0) is 26.6 Å². The van der Waals surface area contributed by atoms with Gasteiger partial charge in [0, 0.05) is 42.2 Å². The molecule has 3 heterocycles. The lowest BCUT2D eigenvalue weighted by molar-refractivity contribution is 0.431. The predicted octanol–water partition coefficient (Wildman–Crippen LogP) is 2.53. The van der Waals surface area contributed by atoms with Crippen LogP contribution < -0.4 is 11.3 Å². The van der Waals surface area contributed by atoms with Crippen molar-refractivity contribution >= 4 is 28.5 Å². The molecule has 0 atom stereocenters. The van der Waals surface area contributed by atoms with Crippen LogP contribution in [0.5, 0.6) is 0 Å². The Balaban J connectivity index is 1.53. The van der Waals surface area contributed by atoms with E-state index in [9.17, 15) is 4.79 Å². The average Bonchev–Trinajstić information content (AvgIpc) is 3.42. The van der Waals surface area contributed by atoms with Gasteiger partial charge in [0.1, 0.15) is 5.52 Å². The molecule has 0 amide bonds. The maximum absolute atomic E-state index is 13.2. The second kappa shape index (κ2) is 6.42. The van der Waals surface area contributed by atoms with E-state index in [2.05, 4.69) is 14.0 Å². The van der Waals surface area contributed by atoms with Gasteiger partial charge in [0.15, 0.2) is 0 Å². The topological polar surface area (TPSA) is 69.1 Å². The number of nitrogens with two attached hydrogens (primary N) is 1. The summed E-state index contributed by atoms with van der Waals surface area (Å²) in [6.07, 6.45) is 5.52. The first-order valence-corrected chi connectivity index (χ1v) is 10.3. The molecular formula is C20H23N5OS. The molecule has 0 saturated heterocycles. The first-order valence-electron chi connectivity index (χ1n) is 9.42. The van der Waals surface area contributed by atoms with Crippen LogP contribution in [0.3, 0.4) is 0 Å². The number of hydrogen-bond donors (Lipinski definition) is 1. The summed E-state index contributed by atoms with van der Waals surface area (Å²) in [5.74, 6) is 0. The number of rotatable bonds is 4. The van der Waals surface area contributed by atoms with E-state index in [1.807, 2.05) is 49.5 Å². The van der Waals surface area contributed by atoms with Gasteiger partial charge in [-0.25, -0.2) is 8.99 Å². The van der Waals surface area contributed by atoms with Crippen molar-refractivity contribution in [2.75, 3.05) is 12.3 Å². The van der Waals surface area contributed by atoms with E-state index in [-0.39, 0.29) is 5.56 Å². The summed E-state index contributed by atoms with van der Waals surface area (Å²) in [5, 5.41) is 6.28. The van der Waals surface area contributed by atoms with Gasteiger partial charge >= 0.3 is 0 Å². The number of nitrogen functional groups attached to an aromatic ring is 1. The average molecular weight is 382 g/mol. The number of fused-ring (bicyclic) bond motifs is 3. The van der Waals surface area contributed by atoms with Gasteiger partial charge in [-0.3, -0.25) is 4.79 Å². The number of nitrogens with zero attached hydrogens (tertiary/aromatic N) is 4. The SMILES string of the molecule is Cn1c2c(c3cnn(Cc4cccc(N)c4)c(=O)c31)CCN(SC1CC1)C2. The van der Waals surface area contributed by atoms with E-state index < -0.39 is 0 Å². The summed E-state index contributed by atoms with van der Waals surface area (Å²) in [4.78, 5) is 13.2. The third-order valence-electron chi connectivity index (χ3n) is 5.48. The van der Waals surface area contributed by atoms with Crippen LogP contribution in [-0.4, -0.2) is 30.4 Å². The van der Waals surface area contributed by atoms with Crippen molar-refractivity contribution in [3.63, 3.8) is 0 Å². The maximum atomic E-state index is 13.2. The number of anilines is 1. The van der Waals surface area contributed by atoms with Gasteiger partial charge in [0.05, 0.1) is 12.7 Å². The Morgan fingerprint density at radius 3 is 2.96 bits per heavy atom. The van der Waals surface area contributed by atoms with Crippen molar-refractivity contribution in [2.45, 2.75) is 37.6 Å². The van der Waals surface area contributed by atoms with Crippen molar-refractivity contribution in [3.05, 3.63) is 57.6 Å². The molecule has 0 bridgehead atoms. The summed E-state index contributed by atoms with van der Waals surface area (Å²) in [6, 6.07) is 7.61. The largest absolute Gasteiger partial charge is 0.399 e. The number of benzene rings is 1. The molecule has 27 heavy (non-hydrogen) atoms. The minimum absolute atomic E-state index is 0.0341. The Bertz CT molecular complexity index is 1080. The van der Waals surface area contributed by atoms with Gasteiger partial charge in [-0.2, -0.15) is 5.10 Å². The second-order valence-electron chi connectivity index (χ2n) is 7.52. The molecule has 1 fully saturated rings. The van der Waals surface area contributed by atoms with E-state index in [0.717, 1.165) is 41.2 Å². The molecule has 2 aromatic heterocycles. The molecule has 1 saturated carbocycles. The predicted molar refractivity (Wildman–Crippen MR) is 110 cm³/mol. The van der Waals surface area contributed by atoms with Crippen LogP contribution in [0.25, 0.3) is 10.9 Å². The standard InChI is InChI=1S/C20H23N5OS/c1-23-18-12-24(27-15-5-6-15)8-7-16(18)17-10-22-25(20(26)19(17)23)11-13-3-2-4-14(21)9-13/h2-4,9-10,15H,5-8,11-12,21H2,1H3. The van der Waals surface area contributed by atoms with Crippen molar-refractivity contribution in [2.24, 2.45) is 7.05 Å². The molecule has 2 aliphatic rings. The number of aryl methyl sites for hydroxylation is 1. The molecule has 0 spiro atoms. The van der Waals surface area contributed by atoms with Crippen molar-refractivity contribution in [1.29, 1.82) is 0 Å². The fraction of sp³-hybridized carbons (Fsp3) is 0.400. The lowest BCUT2D eigenvalue weighted by atomic mass is 10.1. The Morgan fingerprint density at radius 2 is 2.19 bits per heavy atom. The van der Waals surface area contributed by atoms with E-state index in [0.29, 0.717) is 12.2 Å². The van der Waals surface area contributed by atoms with Crippen LogP contribution in [0.2, 0.25) is 0 Å². The smallest absolute Gasteiger partial charge is 0.291 e. The summed E-state index contributed by atoms with van der Waals surface area (Å²) in [5.41, 5.74) is 10.8. The van der Waals surface area contributed by atoms with Gasteiger partial charge in [0.25, 0.3) is 5.56 Å². The lowest BCUT2D eigenvalue weighted by Gasteiger charge is -2.26. The molecule has 140 valence electrons. The minimum Gasteiger partial charge on any atom is -0.399 e. The van der Waals surface area contributed by atoms with Gasteiger partial charge in [-0.15, -0.1) is 0 Å². The Kier molecular flexibility index (Phi) is 4.02. The van der Waals surface area contributed by atoms with Crippen LogP contribution >= 0.6 is 11.9 Å². The van der Waals surface area contributed by atoms with Gasteiger partial charge in [-0.1, -0.05) is 24.1 Å². The third-order valence-corrected chi connectivity index (χ3v) is 6.85. The van der Waals surface area contributed by atoms with Crippen LogP contribution in [0.4, 0.5) is 5.69 Å². The zero-order valence-corrected chi connectivity index (χ0v) is 16.2. The summed E-state index contributed by atoms with van der Waals surface area (Å²) in [7, 11) is 2.01. The Hall–Kier alpha value is -2.25. The first kappa shape index (κ1) is 16.9. The van der Waals surface area contributed by atoms with E-state index >= 15 is 0 Å². The molecule has 2 N–H and O–H groups in total. The minimum atomic E-state index is -0.0341. The zero-order valence-electron chi connectivity index (χ0n) is 15.4. The summed E-state index contributed by atoms with van der Waals surface area (Å²) >= 11 is 1.99. The number of aromatic nitrogens is 3. The van der Waals surface area contributed by atoms with Gasteiger partial charge in [0.2, 0.25) is 0 Å². The summed E-state index contributed by atoms with van der Waals surface area (Å²) < 4.78 is 6.08. The lowest BCUT2D eigenvalue weighted by Crippen LogP contribution is -2.26. The third kappa shape index (κ3) is 3.04. The Morgan fingerprint density at radius 1 is 1.33 bits per heavy atom. The van der Waals surface area contributed by atoms with Crippen molar-refractivity contribution in [1.82, 2.24) is 18.7 Å². The molecule has 1 aliphatic carbocycles. The normalized spacial score (nSPS) is 17.4. The molecule has 6 nitrogen and oxygen atoms in total. The van der Waals surface area contributed by atoms with Crippen molar-refractivity contribution < 1.29 is 0 Å². The quantitative estimate of drug-likeness (QED) is 0.556. The highest BCUT2D eigenvalue weighted by Gasteiger charge is 2.30. The highest BCUT2D eigenvalue weighted by Crippen LogP contribution is 2.39. The van der Waals surface area contributed by atoms with Crippen LogP contribution in [0.1, 0.15) is 29.7 Å².